The lowest BCUT2D eigenvalue weighted by Gasteiger charge is -2.39. The second kappa shape index (κ2) is 9.79. The SMILES string of the molecule is CC(C)/C=C(\C#N)C(=O)N1CC(Cn2c(NC(=O)c3ccc(-c4cn[nH]c4)s3)nc3ccccc32)C1. The Morgan fingerprint density at radius 2 is 2.08 bits per heavy atom. The van der Waals surface area contributed by atoms with E-state index in [0.717, 1.165) is 21.5 Å². The van der Waals surface area contributed by atoms with Crippen LogP contribution >= 0.6 is 11.3 Å². The number of carbonyl (C=O) groups excluding carboxylic acids is 2. The van der Waals surface area contributed by atoms with Gasteiger partial charge in [0.1, 0.15) is 11.6 Å². The van der Waals surface area contributed by atoms with Crippen molar-refractivity contribution in [2.24, 2.45) is 11.8 Å². The molecule has 1 saturated heterocycles. The van der Waals surface area contributed by atoms with Gasteiger partial charge in [0.15, 0.2) is 0 Å². The number of para-hydroxylation sites is 2. The van der Waals surface area contributed by atoms with Gasteiger partial charge in [0, 0.05) is 42.2 Å². The van der Waals surface area contributed by atoms with Gasteiger partial charge in [-0.1, -0.05) is 32.1 Å². The molecule has 0 bridgehead atoms. The fourth-order valence-electron chi connectivity index (χ4n) is 4.29. The number of benzene rings is 1. The van der Waals surface area contributed by atoms with Gasteiger partial charge in [0.05, 0.1) is 22.1 Å². The molecular formula is C26H25N7O2S. The van der Waals surface area contributed by atoms with Crippen LogP contribution in [0, 0.1) is 23.2 Å². The number of thiophene rings is 1. The molecule has 1 aliphatic rings. The standard InChI is InChI=1S/C26H25N7O2S/c1-16(2)9-18(10-27)25(35)32-13-17(14-32)15-33-21-6-4-3-5-20(21)30-26(33)31-24(34)23-8-7-22(36-23)19-11-28-29-12-19/h3-9,11-12,16-17H,13-15H2,1-2H3,(H,28,29)(H,30,31,34)/b18-9+. The van der Waals surface area contributed by atoms with Crippen molar-refractivity contribution in [1.29, 1.82) is 5.26 Å². The molecule has 10 heteroatoms. The lowest BCUT2D eigenvalue weighted by Crippen LogP contribution is -2.51. The topological polar surface area (TPSA) is 120 Å². The molecule has 0 aliphatic carbocycles. The van der Waals surface area contributed by atoms with Crippen LogP contribution < -0.4 is 5.32 Å². The third kappa shape index (κ3) is 4.65. The molecular weight excluding hydrogens is 474 g/mol. The number of carbonyl (C=O) groups is 2. The van der Waals surface area contributed by atoms with Crippen molar-refractivity contribution in [2.75, 3.05) is 18.4 Å². The van der Waals surface area contributed by atoms with Crippen LogP contribution in [0.4, 0.5) is 5.95 Å². The maximum atomic E-state index is 13.1. The number of anilines is 1. The summed E-state index contributed by atoms with van der Waals surface area (Å²) in [5.74, 6) is 0.340. The van der Waals surface area contributed by atoms with Gasteiger partial charge in [-0.05, 0) is 30.2 Å². The van der Waals surface area contributed by atoms with E-state index in [0.29, 0.717) is 30.5 Å². The molecule has 5 rings (SSSR count). The summed E-state index contributed by atoms with van der Waals surface area (Å²) < 4.78 is 2.00. The number of allylic oxidation sites excluding steroid dienone is 1. The maximum Gasteiger partial charge on any atom is 0.268 e. The molecule has 0 saturated carbocycles. The van der Waals surface area contributed by atoms with E-state index in [4.69, 9.17) is 0 Å². The van der Waals surface area contributed by atoms with E-state index in [1.807, 2.05) is 54.8 Å². The van der Waals surface area contributed by atoms with E-state index >= 15 is 0 Å². The number of hydrogen-bond donors (Lipinski definition) is 2. The van der Waals surface area contributed by atoms with Gasteiger partial charge in [-0.3, -0.25) is 20.0 Å². The fraction of sp³-hybridized carbons (Fsp3) is 0.269. The molecule has 9 nitrogen and oxygen atoms in total. The minimum atomic E-state index is -0.228. The summed E-state index contributed by atoms with van der Waals surface area (Å²) >= 11 is 1.39. The highest BCUT2D eigenvalue weighted by atomic mass is 32.1. The second-order valence-corrected chi connectivity index (χ2v) is 10.2. The predicted molar refractivity (Wildman–Crippen MR) is 138 cm³/mol. The monoisotopic (exact) mass is 499 g/mol. The summed E-state index contributed by atoms with van der Waals surface area (Å²) in [6.07, 6.45) is 5.21. The Morgan fingerprint density at radius 1 is 1.28 bits per heavy atom. The van der Waals surface area contributed by atoms with E-state index in [2.05, 4.69) is 20.5 Å². The maximum absolute atomic E-state index is 13.1. The van der Waals surface area contributed by atoms with Crippen molar-refractivity contribution >= 4 is 40.1 Å². The highest BCUT2D eigenvalue weighted by molar-refractivity contribution is 7.17. The van der Waals surface area contributed by atoms with Gasteiger partial charge < -0.3 is 9.47 Å². The molecule has 2 N–H and O–H groups in total. The van der Waals surface area contributed by atoms with Gasteiger partial charge in [0.2, 0.25) is 5.95 Å². The van der Waals surface area contributed by atoms with E-state index in [-0.39, 0.29) is 29.2 Å². The molecule has 4 heterocycles. The Balaban J connectivity index is 1.32. The molecule has 1 fully saturated rings. The van der Waals surface area contributed by atoms with E-state index in [1.165, 1.54) is 11.3 Å². The average molecular weight is 500 g/mol. The molecule has 182 valence electrons. The third-order valence-electron chi connectivity index (χ3n) is 6.03. The molecule has 4 aromatic rings. The minimum absolute atomic E-state index is 0.128. The number of nitrogens with zero attached hydrogens (tertiary/aromatic N) is 5. The molecule has 36 heavy (non-hydrogen) atoms. The lowest BCUT2D eigenvalue weighted by atomic mass is 9.98. The molecule has 0 radical (unpaired) electrons. The third-order valence-corrected chi connectivity index (χ3v) is 7.16. The molecule has 3 aromatic heterocycles. The largest absolute Gasteiger partial charge is 0.337 e. The average Bonchev–Trinajstić information content (AvgIpc) is 3.59. The quantitative estimate of drug-likeness (QED) is 0.290. The van der Waals surface area contributed by atoms with Crippen molar-refractivity contribution in [2.45, 2.75) is 20.4 Å². The Bertz CT molecular complexity index is 1480. The number of imidazole rings is 1. The number of H-pyrrole nitrogens is 1. The zero-order valence-corrected chi connectivity index (χ0v) is 20.7. The smallest absolute Gasteiger partial charge is 0.268 e. The van der Waals surface area contributed by atoms with E-state index in [1.54, 1.807) is 29.4 Å². The Labute approximate surface area is 212 Å². The van der Waals surface area contributed by atoms with Crippen LogP contribution in [0.15, 0.2) is 60.4 Å². The van der Waals surface area contributed by atoms with Crippen LogP contribution in [0.3, 0.4) is 0 Å². The van der Waals surface area contributed by atoms with Gasteiger partial charge in [-0.25, -0.2) is 4.98 Å². The van der Waals surface area contributed by atoms with Gasteiger partial charge in [-0.2, -0.15) is 10.4 Å². The zero-order valence-electron chi connectivity index (χ0n) is 19.9. The van der Waals surface area contributed by atoms with Gasteiger partial charge in [0.25, 0.3) is 11.8 Å². The second-order valence-electron chi connectivity index (χ2n) is 9.15. The Kier molecular flexibility index (Phi) is 6.40. The Hall–Kier alpha value is -4.23. The first kappa shape index (κ1) is 23.5. The summed E-state index contributed by atoms with van der Waals surface area (Å²) in [4.78, 5) is 33.6. The number of fused-ring (bicyclic) bond motifs is 1. The molecule has 1 aliphatic heterocycles. The summed E-state index contributed by atoms with van der Waals surface area (Å²) in [5, 5.41) is 19.1. The van der Waals surface area contributed by atoms with Crippen LogP contribution in [0.25, 0.3) is 21.5 Å². The zero-order chi connectivity index (χ0) is 25.2. The summed E-state index contributed by atoms with van der Waals surface area (Å²) in [7, 11) is 0. The van der Waals surface area contributed by atoms with Crippen molar-refractivity contribution in [3.8, 4) is 16.5 Å². The number of nitriles is 1. The first-order valence-corrected chi connectivity index (χ1v) is 12.5. The number of likely N-dealkylation sites (tertiary alicyclic amines) is 1. The lowest BCUT2D eigenvalue weighted by molar-refractivity contribution is -0.133. The van der Waals surface area contributed by atoms with Crippen molar-refractivity contribution in [3.05, 3.63) is 65.3 Å². The van der Waals surface area contributed by atoms with Gasteiger partial charge >= 0.3 is 0 Å². The number of rotatable bonds is 7. The first-order valence-electron chi connectivity index (χ1n) is 11.7. The Morgan fingerprint density at radius 3 is 2.81 bits per heavy atom. The van der Waals surface area contributed by atoms with Crippen molar-refractivity contribution < 1.29 is 9.59 Å². The summed E-state index contributed by atoms with van der Waals surface area (Å²) in [6.45, 7) is 5.58. The van der Waals surface area contributed by atoms with Crippen LogP contribution in [0.2, 0.25) is 0 Å². The number of hydrogen-bond acceptors (Lipinski definition) is 6. The molecule has 1 aromatic carbocycles. The number of amides is 2. The minimum Gasteiger partial charge on any atom is -0.337 e. The molecule has 2 amide bonds. The van der Waals surface area contributed by atoms with Crippen LogP contribution in [-0.4, -0.2) is 49.6 Å². The number of aromatic nitrogens is 4. The van der Waals surface area contributed by atoms with Crippen molar-refractivity contribution in [1.82, 2.24) is 24.6 Å². The molecule has 0 unspecified atom stereocenters. The number of aromatic amines is 1. The molecule has 0 spiro atoms. The first-order chi connectivity index (χ1) is 17.4. The summed E-state index contributed by atoms with van der Waals surface area (Å²) in [6, 6.07) is 13.5. The predicted octanol–water partition coefficient (Wildman–Crippen LogP) is 4.30. The van der Waals surface area contributed by atoms with Gasteiger partial charge in [-0.15, -0.1) is 11.3 Å². The van der Waals surface area contributed by atoms with Crippen LogP contribution in [-0.2, 0) is 11.3 Å². The highest BCUT2D eigenvalue weighted by Gasteiger charge is 2.33. The van der Waals surface area contributed by atoms with Crippen LogP contribution in [0.5, 0.6) is 0 Å². The molecule has 0 atom stereocenters. The van der Waals surface area contributed by atoms with E-state index < -0.39 is 0 Å². The highest BCUT2D eigenvalue weighted by Crippen LogP contribution is 2.29. The van der Waals surface area contributed by atoms with Crippen LogP contribution in [0.1, 0.15) is 23.5 Å². The fourth-order valence-corrected chi connectivity index (χ4v) is 5.17. The van der Waals surface area contributed by atoms with Crippen molar-refractivity contribution in [3.63, 3.8) is 0 Å². The normalized spacial score (nSPS) is 14.2. The number of nitrogens with one attached hydrogen (secondary N) is 2. The van der Waals surface area contributed by atoms with E-state index in [9.17, 15) is 14.9 Å². The summed E-state index contributed by atoms with van der Waals surface area (Å²) in [5.41, 5.74) is 2.82.